The first-order valence-electron chi connectivity index (χ1n) is 13.1. The predicted molar refractivity (Wildman–Crippen MR) is 144 cm³/mol. The van der Waals surface area contributed by atoms with Gasteiger partial charge in [-0.2, -0.15) is 4.80 Å². The van der Waals surface area contributed by atoms with Gasteiger partial charge in [-0.15, -0.1) is 10.2 Å². The molecule has 2 amide bonds. The molecule has 1 atom stereocenters. The van der Waals surface area contributed by atoms with E-state index in [4.69, 9.17) is 9.47 Å². The molecule has 0 unspecified atom stereocenters. The average molecular weight is 521 g/mol. The van der Waals surface area contributed by atoms with Crippen LogP contribution in [-0.4, -0.2) is 58.3 Å². The molecule has 0 radical (unpaired) electrons. The molecule has 1 saturated carbocycles. The lowest BCUT2D eigenvalue weighted by Crippen LogP contribution is -2.52. The fourth-order valence-electron chi connectivity index (χ4n) is 4.93. The van der Waals surface area contributed by atoms with Crippen molar-refractivity contribution in [3.8, 4) is 22.9 Å². The van der Waals surface area contributed by atoms with Crippen LogP contribution in [0.15, 0.2) is 42.5 Å². The number of aromatic nitrogens is 4. The number of nitrogens with one attached hydrogen (secondary N) is 1. The molecule has 0 bridgehead atoms. The molecule has 2 aromatic carbocycles. The Kier molecular flexibility index (Phi) is 8.93. The van der Waals surface area contributed by atoms with Crippen molar-refractivity contribution in [2.75, 3.05) is 19.1 Å². The second-order valence-corrected chi connectivity index (χ2v) is 9.56. The maximum absolute atomic E-state index is 13.8. The number of methoxy groups -OCH3 is 2. The number of rotatable bonds is 11. The highest BCUT2D eigenvalue weighted by molar-refractivity contribution is 6.01. The lowest BCUT2D eigenvalue weighted by molar-refractivity contribution is -0.127. The third-order valence-electron chi connectivity index (χ3n) is 6.89. The normalized spacial score (nSPS) is 14.2. The molecule has 1 aliphatic carbocycles. The molecule has 10 heteroatoms. The molecular weight excluding hydrogens is 484 g/mol. The third-order valence-corrected chi connectivity index (χ3v) is 6.89. The van der Waals surface area contributed by atoms with Crippen LogP contribution < -0.4 is 19.7 Å². The highest BCUT2D eigenvalue weighted by atomic mass is 16.5. The van der Waals surface area contributed by atoms with E-state index in [1.807, 2.05) is 38.1 Å². The van der Waals surface area contributed by atoms with E-state index in [1.165, 1.54) is 4.80 Å². The average Bonchev–Trinajstić information content (AvgIpc) is 3.61. The van der Waals surface area contributed by atoms with Crippen LogP contribution in [0.4, 0.5) is 5.69 Å². The molecular formula is C28H36N6O4. The second-order valence-electron chi connectivity index (χ2n) is 9.56. The maximum atomic E-state index is 13.8. The Labute approximate surface area is 223 Å². The molecule has 10 nitrogen and oxygen atoms in total. The van der Waals surface area contributed by atoms with Gasteiger partial charge in [-0.3, -0.25) is 14.5 Å². The number of amides is 2. The number of ether oxygens (including phenoxy) is 2. The van der Waals surface area contributed by atoms with Crippen molar-refractivity contribution in [1.82, 2.24) is 25.5 Å². The van der Waals surface area contributed by atoms with Gasteiger partial charge in [-0.05, 0) is 61.2 Å². The van der Waals surface area contributed by atoms with E-state index in [9.17, 15) is 9.59 Å². The smallest absolute Gasteiger partial charge is 0.251 e. The number of anilines is 1. The summed E-state index contributed by atoms with van der Waals surface area (Å²) >= 11 is 0. The molecule has 0 saturated heterocycles. The number of aryl methyl sites for hydroxylation is 1. The highest BCUT2D eigenvalue weighted by Crippen LogP contribution is 2.31. The quantitative estimate of drug-likeness (QED) is 0.408. The van der Waals surface area contributed by atoms with Crippen LogP contribution in [0, 0.1) is 6.92 Å². The first-order chi connectivity index (χ1) is 18.4. The molecule has 0 spiro atoms. The van der Waals surface area contributed by atoms with E-state index in [1.54, 1.807) is 37.3 Å². The van der Waals surface area contributed by atoms with Crippen LogP contribution in [0.1, 0.15) is 51.0 Å². The fraction of sp³-hybridized carbons (Fsp3) is 0.464. The van der Waals surface area contributed by atoms with Crippen molar-refractivity contribution in [3.63, 3.8) is 0 Å². The van der Waals surface area contributed by atoms with Gasteiger partial charge in [0, 0.05) is 17.3 Å². The largest absolute Gasteiger partial charge is 0.493 e. The Balaban J connectivity index is 1.60. The summed E-state index contributed by atoms with van der Waals surface area (Å²) in [4.78, 5) is 30.2. The number of hydrogen-bond donors (Lipinski definition) is 1. The lowest BCUT2D eigenvalue weighted by atomic mass is 10.0. The van der Waals surface area contributed by atoms with Gasteiger partial charge in [0.2, 0.25) is 11.7 Å². The molecule has 1 aliphatic rings. The number of benzene rings is 2. The first kappa shape index (κ1) is 27.1. The molecule has 4 rings (SSSR count). The fourth-order valence-corrected chi connectivity index (χ4v) is 4.93. The summed E-state index contributed by atoms with van der Waals surface area (Å²) in [5.74, 6) is 1.08. The minimum Gasteiger partial charge on any atom is -0.493 e. The zero-order valence-corrected chi connectivity index (χ0v) is 22.5. The third kappa shape index (κ3) is 6.12. The Hall–Kier alpha value is -3.95. The van der Waals surface area contributed by atoms with Gasteiger partial charge in [-0.1, -0.05) is 44.4 Å². The van der Waals surface area contributed by atoms with Crippen LogP contribution in [0.3, 0.4) is 0 Å². The summed E-state index contributed by atoms with van der Waals surface area (Å²) in [6.07, 6.45) is 5.48. The Morgan fingerprint density at radius 2 is 1.84 bits per heavy atom. The summed E-state index contributed by atoms with van der Waals surface area (Å²) in [6.45, 7) is 3.80. The first-order valence-corrected chi connectivity index (χ1v) is 13.1. The number of carbonyl (C=O) groups is 2. The van der Waals surface area contributed by atoms with E-state index in [0.717, 1.165) is 37.7 Å². The van der Waals surface area contributed by atoms with Gasteiger partial charge in [0.25, 0.3) is 5.91 Å². The molecule has 0 aliphatic heterocycles. The number of hydrogen-bond acceptors (Lipinski definition) is 7. The molecule has 1 aromatic heterocycles. The van der Waals surface area contributed by atoms with Crippen LogP contribution in [0.25, 0.3) is 11.4 Å². The van der Waals surface area contributed by atoms with Gasteiger partial charge in [-0.25, -0.2) is 0 Å². The summed E-state index contributed by atoms with van der Waals surface area (Å²) in [7, 11) is 3.12. The van der Waals surface area contributed by atoms with E-state index < -0.39 is 6.04 Å². The van der Waals surface area contributed by atoms with Crippen molar-refractivity contribution >= 4 is 17.5 Å². The highest BCUT2D eigenvalue weighted by Gasteiger charge is 2.33. The van der Waals surface area contributed by atoms with Gasteiger partial charge in [0.1, 0.15) is 12.6 Å². The van der Waals surface area contributed by atoms with Crippen molar-refractivity contribution in [2.24, 2.45) is 0 Å². The minimum atomic E-state index is -0.636. The monoisotopic (exact) mass is 520 g/mol. The van der Waals surface area contributed by atoms with Crippen molar-refractivity contribution in [3.05, 3.63) is 48.0 Å². The second kappa shape index (κ2) is 12.5. The number of nitrogens with zero attached hydrogens (tertiary/aromatic N) is 5. The zero-order chi connectivity index (χ0) is 27.1. The van der Waals surface area contributed by atoms with Gasteiger partial charge >= 0.3 is 0 Å². The summed E-state index contributed by atoms with van der Waals surface area (Å²) in [5, 5.41) is 15.9. The topological polar surface area (TPSA) is 111 Å². The van der Waals surface area contributed by atoms with Gasteiger partial charge in [0.05, 0.1) is 14.2 Å². The van der Waals surface area contributed by atoms with E-state index in [0.29, 0.717) is 35.0 Å². The van der Waals surface area contributed by atoms with Crippen LogP contribution in [-0.2, 0) is 16.1 Å². The summed E-state index contributed by atoms with van der Waals surface area (Å²) in [5.41, 5.74) is 2.29. The molecule has 1 heterocycles. The van der Waals surface area contributed by atoms with Crippen molar-refractivity contribution in [1.29, 1.82) is 0 Å². The number of carbonyl (C=O) groups excluding carboxylic acids is 2. The van der Waals surface area contributed by atoms with E-state index in [2.05, 4.69) is 20.7 Å². The Bertz CT molecular complexity index is 1250. The van der Waals surface area contributed by atoms with E-state index in [-0.39, 0.29) is 24.4 Å². The molecule has 3 aromatic rings. The molecule has 38 heavy (non-hydrogen) atoms. The van der Waals surface area contributed by atoms with Gasteiger partial charge in [0.15, 0.2) is 11.5 Å². The van der Waals surface area contributed by atoms with Gasteiger partial charge < -0.3 is 14.8 Å². The van der Waals surface area contributed by atoms with E-state index >= 15 is 0 Å². The predicted octanol–water partition coefficient (Wildman–Crippen LogP) is 3.93. The van der Waals surface area contributed by atoms with Crippen LogP contribution in [0.5, 0.6) is 11.5 Å². The maximum Gasteiger partial charge on any atom is 0.251 e. The zero-order valence-electron chi connectivity index (χ0n) is 22.5. The lowest BCUT2D eigenvalue weighted by Gasteiger charge is -2.32. The van der Waals surface area contributed by atoms with Crippen LogP contribution >= 0.6 is 0 Å². The summed E-state index contributed by atoms with van der Waals surface area (Å²) in [6, 6.07) is 12.5. The minimum absolute atomic E-state index is 0.118. The SMILES string of the molecule is CCC[C@@H](C(=O)NC1CCCC1)N(C(=O)Cn1nnc(-c2ccc(OC)c(OC)c2)n1)c1ccccc1C. The van der Waals surface area contributed by atoms with Crippen molar-refractivity contribution < 1.29 is 19.1 Å². The molecule has 1 N–H and O–H groups in total. The van der Waals surface area contributed by atoms with Crippen molar-refractivity contribution in [2.45, 2.75) is 71.0 Å². The molecule has 1 fully saturated rings. The summed E-state index contributed by atoms with van der Waals surface area (Å²) < 4.78 is 10.7. The standard InChI is InChI=1S/C28H36N6O4/c1-5-10-23(28(36)29-21-12-7-8-13-21)34(22-14-9-6-11-19(22)2)26(35)18-33-31-27(30-32-33)20-15-16-24(37-3)25(17-20)38-4/h6,9,11,14-17,21,23H,5,7-8,10,12-13,18H2,1-4H3,(H,29,36)/t23-/m0/s1. The Morgan fingerprint density at radius 1 is 1.11 bits per heavy atom. The number of tetrazole rings is 1. The van der Waals surface area contributed by atoms with Crippen LogP contribution in [0.2, 0.25) is 0 Å². The number of para-hydroxylation sites is 1. The molecule has 202 valence electrons. The Morgan fingerprint density at radius 3 is 2.53 bits per heavy atom.